The van der Waals surface area contributed by atoms with Crippen molar-refractivity contribution in [3.05, 3.63) is 142 Å². The summed E-state index contributed by atoms with van der Waals surface area (Å²) in [7, 11) is 0. The summed E-state index contributed by atoms with van der Waals surface area (Å²) in [4.78, 5) is 70.2. The molecule has 1 aliphatic heterocycles. The van der Waals surface area contributed by atoms with Gasteiger partial charge in [-0.05, 0) is 28.7 Å². The largest absolute Gasteiger partial charge is 0.481 e. The molecule has 2 atom stereocenters. The zero-order valence-electron chi connectivity index (χ0n) is 28.4. The van der Waals surface area contributed by atoms with E-state index in [1.807, 2.05) is 36.4 Å². The van der Waals surface area contributed by atoms with Crippen LogP contribution in [0.2, 0.25) is 0 Å². The molecule has 1 aliphatic rings. The van der Waals surface area contributed by atoms with Crippen molar-refractivity contribution in [2.24, 2.45) is 5.10 Å². The molecule has 0 fully saturated rings. The number of carbonyl (C=O) groups is 4. The molecule has 3 amide bonds. The van der Waals surface area contributed by atoms with E-state index in [1.54, 1.807) is 55.5 Å². The zero-order chi connectivity index (χ0) is 37.1. The van der Waals surface area contributed by atoms with E-state index in [1.165, 1.54) is 23.1 Å². The van der Waals surface area contributed by atoms with Crippen molar-refractivity contribution in [2.75, 3.05) is 11.4 Å². The molecule has 0 spiro atoms. The van der Waals surface area contributed by atoms with Crippen LogP contribution in [0.4, 0.5) is 15.3 Å². The Labute approximate surface area is 299 Å². The van der Waals surface area contributed by atoms with Crippen LogP contribution >= 0.6 is 0 Å². The maximum atomic E-state index is 14.1. The Hall–Kier alpha value is -6.57. The second-order valence-electron chi connectivity index (χ2n) is 12.3. The predicted octanol–water partition coefficient (Wildman–Crippen LogP) is 4.83. The van der Waals surface area contributed by atoms with Crippen molar-refractivity contribution in [2.45, 2.75) is 51.0 Å². The number of nitrogens with one attached hydrogen (secondary N) is 2. The molecule has 0 aliphatic carbocycles. The number of hydrogen-bond donors (Lipinski definition) is 3. The number of aliphatic carboxylic acids is 1. The number of carboxylic acid groups (broad SMARTS) is 1. The minimum atomic E-state index is -1.15. The Balaban J connectivity index is 1.26. The van der Waals surface area contributed by atoms with Gasteiger partial charge in [0.15, 0.2) is 0 Å². The van der Waals surface area contributed by atoms with E-state index >= 15 is 0 Å². The van der Waals surface area contributed by atoms with Crippen molar-refractivity contribution < 1.29 is 33.8 Å². The molecule has 0 bridgehead atoms. The van der Waals surface area contributed by atoms with Gasteiger partial charge in [0.05, 0.1) is 18.8 Å². The molecule has 14 nitrogen and oxygen atoms in total. The maximum absolute atomic E-state index is 14.1. The van der Waals surface area contributed by atoms with Gasteiger partial charge in [0.2, 0.25) is 5.91 Å². The van der Waals surface area contributed by atoms with Crippen LogP contribution in [0.25, 0.3) is 0 Å². The highest BCUT2D eigenvalue weighted by atomic mass is 16.6. The van der Waals surface area contributed by atoms with Crippen molar-refractivity contribution in [1.29, 1.82) is 0 Å². The number of hydrogen-bond acceptors (Lipinski definition) is 9. The first-order valence-electron chi connectivity index (χ1n) is 16.4. The molecule has 3 aromatic carbocycles. The number of fused-ring (bicyclic) bond motifs is 1. The van der Waals surface area contributed by atoms with E-state index in [0.717, 1.165) is 21.6 Å². The molecule has 0 radical (unpaired) electrons. The fourth-order valence-corrected chi connectivity index (χ4v) is 5.83. The van der Waals surface area contributed by atoms with Gasteiger partial charge in [-0.3, -0.25) is 23.9 Å². The molecule has 5 rings (SSSR count). The number of carbonyl (C=O) groups excluding carboxylic acids is 3. The fourth-order valence-electron chi connectivity index (χ4n) is 5.83. The normalized spacial score (nSPS) is 16.1. The highest BCUT2D eigenvalue weighted by molar-refractivity contribution is 5.88. The first-order valence-corrected chi connectivity index (χ1v) is 16.4. The van der Waals surface area contributed by atoms with Crippen LogP contribution in [-0.2, 0) is 44.2 Å². The average molecular weight is 707 g/mol. The van der Waals surface area contributed by atoms with Crippen molar-refractivity contribution >= 4 is 36.0 Å². The summed E-state index contributed by atoms with van der Waals surface area (Å²) < 4.78 is 11.8. The molecule has 0 unspecified atom stereocenters. The lowest BCUT2D eigenvalue weighted by molar-refractivity contribution is -0.138. The van der Waals surface area contributed by atoms with Gasteiger partial charge in [-0.2, -0.15) is 5.10 Å². The molecule has 268 valence electrons. The van der Waals surface area contributed by atoms with Crippen LogP contribution in [0.5, 0.6) is 0 Å². The standard InChI is InChI=1S/C38H38N6O8/c1-3-18-43(37(50)52-25-29-12-8-5-9-13-29)31-23-40-35-38(2,20-32(45)46)19-30(44(35)34(31)48)33(47)39-21-26-14-16-27(17-15-26)22-41-42-36(49)51-24-28-10-6-4-7-11-28/h3-17,22-23,30H,1,18-21,24-25H2,2H3,(H,39,47)(H,42,49)(H,45,46)/t30-,38+/m1/s1. The van der Waals surface area contributed by atoms with Gasteiger partial charge in [-0.15, -0.1) is 6.58 Å². The smallest absolute Gasteiger partial charge is 0.428 e. The molecule has 3 N–H and O–H groups in total. The Morgan fingerprint density at radius 2 is 1.62 bits per heavy atom. The number of carboxylic acids is 1. The van der Waals surface area contributed by atoms with Crippen molar-refractivity contribution in [3.8, 4) is 0 Å². The molecule has 0 saturated heterocycles. The summed E-state index contributed by atoms with van der Waals surface area (Å²) in [6.07, 6.45) is 2.17. The van der Waals surface area contributed by atoms with Crippen molar-refractivity contribution in [1.82, 2.24) is 20.3 Å². The Kier molecular flexibility index (Phi) is 11.9. The number of nitrogens with zero attached hydrogens (tertiary/aromatic N) is 4. The third kappa shape index (κ3) is 9.15. The van der Waals surface area contributed by atoms with Gasteiger partial charge in [-0.25, -0.2) is 20.0 Å². The van der Waals surface area contributed by atoms with Crippen LogP contribution in [-0.4, -0.2) is 51.5 Å². The maximum Gasteiger partial charge on any atom is 0.428 e. The topological polar surface area (TPSA) is 182 Å². The molecular formula is C38H38N6O8. The highest BCUT2D eigenvalue weighted by Gasteiger charge is 2.47. The third-order valence-electron chi connectivity index (χ3n) is 8.37. The van der Waals surface area contributed by atoms with Gasteiger partial charge in [0, 0.05) is 18.5 Å². The van der Waals surface area contributed by atoms with Gasteiger partial charge >= 0.3 is 18.2 Å². The van der Waals surface area contributed by atoms with Gasteiger partial charge in [0.25, 0.3) is 5.56 Å². The number of rotatable bonds is 14. The number of aromatic nitrogens is 2. The number of amides is 3. The molecule has 52 heavy (non-hydrogen) atoms. The highest BCUT2D eigenvalue weighted by Crippen LogP contribution is 2.42. The summed E-state index contributed by atoms with van der Waals surface area (Å²) in [6, 6.07) is 24.1. The van der Waals surface area contributed by atoms with Crippen LogP contribution in [0.1, 0.15) is 53.9 Å². The molecule has 1 aromatic heterocycles. The quantitative estimate of drug-likeness (QED) is 0.0940. The lowest BCUT2D eigenvalue weighted by Gasteiger charge is -2.23. The van der Waals surface area contributed by atoms with E-state index < -0.39 is 41.1 Å². The predicted molar refractivity (Wildman–Crippen MR) is 192 cm³/mol. The lowest BCUT2D eigenvalue weighted by Crippen LogP contribution is -2.41. The summed E-state index contributed by atoms with van der Waals surface area (Å²) in [6.45, 7) is 5.41. The molecule has 2 heterocycles. The average Bonchev–Trinajstić information content (AvgIpc) is 3.44. The summed E-state index contributed by atoms with van der Waals surface area (Å²) >= 11 is 0. The summed E-state index contributed by atoms with van der Waals surface area (Å²) in [5, 5.41) is 16.4. The second kappa shape index (κ2) is 16.9. The first kappa shape index (κ1) is 36.7. The van der Waals surface area contributed by atoms with Gasteiger partial charge in [-0.1, -0.05) is 97.9 Å². The fraction of sp³-hybridized carbons (Fsp3) is 0.237. The number of benzene rings is 3. The van der Waals surface area contributed by atoms with E-state index in [-0.39, 0.29) is 50.7 Å². The number of ether oxygens (including phenoxy) is 2. The van der Waals surface area contributed by atoms with Gasteiger partial charge < -0.3 is 19.9 Å². The van der Waals surface area contributed by atoms with Crippen LogP contribution in [0.3, 0.4) is 0 Å². The summed E-state index contributed by atoms with van der Waals surface area (Å²) in [5.41, 5.74) is 3.30. The monoisotopic (exact) mass is 706 g/mol. The van der Waals surface area contributed by atoms with E-state index in [2.05, 4.69) is 27.4 Å². The van der Waals surface area contributed by atoms with Crippen LogP contribution in [0, 0.1) is 0 Å². The molecule has 0 saturated carbocycles. The first-order chi connectivity index (χ1) is 25.1. The Morgan fingerprint density at radius 1 is 0.981 bits per heavy atom. The zero-order valence-corrected chi connectivity index (χ0v) is 28.4. The molecule has 4 aromatic rings. The number of hydrazone groups is 1. The van der Waals surface area contributed by atoms with E-state index in [0.29, 0.717) is 5.56 Å². The minimum absolute atomic E-state index is 0.00702. The van der Waals surface area contributed by atoms with Gasteiger partial charge in [0.1, 0.15) is 30.8 Å². The van der Waals surface area contributed by atoms with E-state index in [4.69, 9.17) is 9.47 Å². The third-order valence-corrected chi connectivity index (χ3v) is 8.37. The molecule has 14 heteroatoms. The second-order valence-corrected chi connectivity index (χ2v) is 12.3. The lowest BCUT2D eigenvalue weighted by atomic mass is 9.83. The SMILES string of the molecule is C=CCN(C(=O)OCc1ccccc1)c1cnc2n(c1=O)[C@@H](C(=O)NCc1ccc(C=NNC(=O)OCc3ccccc3)cc1)C[C@@]2(C)CC(=O)O. The van der Waals surface area contributed by atoms with Crippen molar-refractivity contribution in [3.63, 3.8) is 0 Å². The summed E-state index contributed by atoms with van der Waals surface area (Å²) in [5.74, 6) is -1.52. The Morgan fingerprint density at radius 3 is 2.23 bits per heavy atom. The van der Waals surface area contributed by atoms with E-state index in [9.17, 15) is 29.1 Å². The number of anilines is 1. The van der Waals surface area contributed by atoms with Crippen LogP contribution in [0.15, 0.2) is 114 Å². The van der Waals surface area contributed by atoms with Crippen LogP contribution < -0.4 is 21.2 Å². The Bertz CT molecular complexity index is 2000. The molecular weight excluding hydrogens is 668 g/mol. The minimum Gasteiger partial charge on any atom is -0.481 e.